The van der Waals surface area contributed by atoms with Crippen LogP contribution in [0.2, 0.25) is 0 Å². The topological polar surface area (TPSA) is 52.6 Å². The van der Waals surface area contributed by atoms with E-state index in [4.69, 9.17) is 5.11 Å². The molecule has 1 atom stereocenters. The minimum Gasteiger partial charge on any atom is -0.395 e. The van der Waals surface area contributed by atoms with Crippen LogP contribution in [0.1, 0.15) is 24.9 Å². The maximum atomic E-state index is 11.8. The van der Waals surface area contributed by atoms with E-state index in [0.29, 0.717) is 6.54 Å². The summed E-state index contributed by atoms with van der Waals surface area (Å²) in [5.74, 6) is 0. The van der Waals surface area contributed by atoms with Crippen LogP contribution in [0.15, 0.2) is 28.7 Å². The predicted molar refractivity (Wildman–Crippen MR) is 75.4 cm³/mol. The Morgan fingerprint density at radius 3 is 2.56 bits per heavy atom. The first-order valence-corrected chi connectivity index (χ1v) is 6.75. The molecule has 0 aliphatic carbocycles. The van der Waals surface area contributed by atoms with E-state index in [0.717, 1.165) is 16.5 Å². The Morgan fingerprint density at radius 1 is 1.44 bits per heavy atom. The number of carbonyl (C=O) groups is 1. The number of halogens is 1. The fraction of sp³-hybridized carbons (Fsp3) is 0.462. The molecule has 0 heterocycles. The first-order chi connectivity index (χ1) is 8.58. The molecule has 1 unspecified atom stereocenters. The smallest absolute Gasteiger partial charge is 0.317 e. The van der Waals surface area contributed by atoms with Gasteiger partial charge in [-0.15, -0.1) is 0 Å². The van der Waals surface area contributed by atoms with E-state index in [-0.39, 0.29) is 18.7 Å². The van der Waals surface area contributed by atoms with Gasteiger partial charge in [0.25, 0.3) is 0 Å². The molecule has 0 saturated carbocycles. The normalized spacial score (nSPS) is 12.0. The van der Waals surface area contributed by atoms with Crippen LogP contribution < -0.4 is 5.32 Å². The molecule has 0 aliphatic rings. The zero-order valence-electron chi connectivity index (χ0n) is 10.7. The summed E-state index contributed by atoms with van der Waals surface area (Å²) in [6, 6.07) is 7.73. The lowest BCUT2D eigenvalue weighted by Crippen LogP contribution is -2.40. The van der Waals surface area contributed by atoms with E-state index in [9.17, 15) is 4.79 Å². The van der Waals surface area contributed by atoms with Gasteiger partial charge in [0.1, 0.15) is 0 Å². The molecule has 0 aromatic heterocycles. The van der Waals surface area contributed by atoms with E-state index in [1.165, 1.54) is 4.90 Å². The quantitative estimate of drug-likeness (QED) is 0.877. The largest absolute Gasteiger partial charge is 0.395 e. The number of nitrogens with one attached hydrogen (secondary N) is 1. The second-order valence-electron chi connectivity index (χ2n) is 4.11. The number of benzene rings is 1. The van der Waals surface area contributed by atoms with Crippen LogP contribution in [0.3, 0.4) is 0 Å². The lowest BCUT2D eigenvalue weighted by atomic mass is 10.1. The predicted octanol–water partition coefficient (Wildman–Crippen LogP) is 2.53. The van der Waals surface area contributed by atoms with Gasteiger partial charge in [0, 0.05) is 18.1 Å². The number of hydrogen-bond donors (Lipinski definition) is 2. The summed E-state index contributed by atoms with van der Waals surface area (Å²) in [4.78, 5) is 13.3. The number of urea groups is 1. The van der Waals surface area contributed by atoms with E-state index in [1.54, 1.807) is 7.05 Å². The molecular formula is C13H19BrN2O2. The zero-order valence-corrected chi connectivity index (χ0v) is 12.3. The highest BCUT2D eigenvalue weighted by Crippen LogP contribution is 2.19. The van der Waals surface area contributed by atoms with Gasteiger partial charge in [-0.1, -0.05) is 35.0 Å². The van der Waals surface area contributed by atoms with Crippen molar-refractivity contribution in [3.05, 3.63) is 34.3 Å². The van der Waals surface area contributed by atoms with Crippen molar-refractivity contribution in [2.24, 2.45) is 0 Å². The van der Waals surface area contributed by atoms with Crippen LogP contribution in [0.25, 0.3) is 0 Å². The van der Waals surface area contributed by atoms with Crippen molar-refractivity contribution >= 4 is 22.0 Å². The average molecular weight is 315 g/mol. The van der Waals surface area contributed by atoms with Gasteiger partial charge in [-0.3, -0.25) is 0 Å². The van der Waals surface area contributed by atoms with Gasteiger partial charge in [-0.2, -0.15) is 0 Å². The van der Waals surface area contributed by atoms with Gasteiger partial charge in [0.05, 0.1) is 12.6 Å². The number of likely N-dealkylation sites (N-methyl/N-ethyl adjacent to an activating group) is 1. The zero-order chi connectivity index (χ0) is 13.5. The van der Waals surface area contributed by atoms with Gasteiger partial charge in [0.15, 0.2) is 0 Å². The fourth-order valence-corrected chi connectivity index (χ4v) is 1.89. The number of rotatable bonds is 5. The standard InChI is InChI=1S/C13H19BrN2O2/c1-3-12(10-4-6-11(14)7-5-10)15-13(18)16(2)8-9-17/h4-7,12,17H,3,8-9H2,1-2H3,(H,15,18). The molecule has 0 saturated heterocycles. The first-order valence-electron chi connectivity index (χ1n) is 5.96. The molecule has 2 amide bonds. The van der Waals surface area contributed by atoms with E-state index >= 15 is 0 Å². The maximum Gasteiger partial charge on any atom is 0.317 e. The summed E-state index contributed by atoms with van der Waals surface area (Å²) in [6.45, 7) is 2.33. The van der Waals surface area contributed by atoms with Crippen molar-refractivity contribution < 1.29 is 9.90 Å². The Kier molecular flexibility index (Phi) is 6.15. The molecule has 1 rings (SSSR count). The van der Waals surface area contributed by atoms with Crippen LogP contribution in [-0.2, 0) is 0 Å². The molecule has 4 nitrogen and oxygen atoms in total. The Labute approximate surface area is 116 Å². The molecule has 0 spiro atoms. The average Bonchev–Trinajstić information content (AvgIpc) is 2.37. The molecule has 0 fully saturated rings. The molecule has 1 aromatic rings. The summed E-state index contributed by atoms with van der Waals surface area (Å²) in [7, 11) is 1.67. The molecule has 1 aromatic carbocycles. The molecule has 2 N–H and O–H groups in total. The van der Waals surface area contributed by atoms with E-state index in [1.807, 2.05) is 31.2 Å². The molecule has 100 valence electrons. The second-order valence-corrected chi connectivity index (χ2v) is 5.02. The van der Waals surface area contributed by atoms with Crippen molar-refractivity contribution in [3.63, 3.8) is 0 Å². The molecular weight excluding hydrogens is 296 g/mol. The molecule has 0 radical (unpaired) electrons. The van der Waals surface area contributed by atoms with Gasteiger partial charge in [-0.25, -0.2) is 4.79 Å². The summed E-state index contributed by atoms with van der Waals surface area (Å²) in [5, 5.41) is 11.7. The summed E-state index contributed by atoms with van der Waals surface area (Å²) < 4.78 is 1.02. The monoisotopic (exact) mass is 314 g/mol. The van der Waals surface area contributed by atoms with Crippen LogP contribution in [-0.4, -0.2) is 36.2 Å². The fourth-order valence-electron chi connectivity index (χ4n) is 1.63. The SMILES string of the molecule is CCC(NC(=O)N(C)CCO)c1ccc(Br)cc1. The highest BCUT2D eigenvalue weighted by atomic mass is 79.9. The summed E-state index contributed by atoms with van der Waals surface area (Å²) in [5.41, 5.74) is 1.08. The lowest BCUT2D eigenvalue weighted by Gasteiger charge is -2.22. The number of hydrogen-bond acceptors (Lipinski definition) is 2. The summed E-state index contributed by atoms with van der Waals surface area (Å²) >= 11 is 3.39. The van der Waals surface area contributed by atoms with E-state index < -0.39 is 0 Å². The first kappa shape index (κ1) is 15.0. The van der Waals surface area contributed by atoms with Crippen LogP contribution >= 0.6 is 15.9 Å². The Hall–Kier alpha value is -1.07. The number of carbonyl (C=O) groups excluding carboxylic acids is 1. The van der Waals surface area contributed by atoms with Crippen molar-refractivity contribution in [3.8, 4) is 0 Å². The molecule has 18 heavy (non-hydrogen) atoms. The van der Waals surface area contributed by atoms with Gasteiger partial charge in [0.2, 0.25) is 0 Å². The molecule has 0 bridgehead atoms. The number of aliphatic hydroxyl groups excluding tert-OH is 1. The van der Waals surface area contributed by atoms with Gasteiger partial charge in [-0.05, 0) is 24.1 Å². The second kappa shape index (κ2) is 7.38. The Morgan fingerprint density at radius 2 is 2.06 bits per heavy atom. The highest BCUT2D eigenvalue weighted by Gasteiger charge is 2.15. The Balaban J connectivity index is 2.67. The Bertz CT molecular complexity index is 381. The maximum absolute atomic E-state index is 11.8. The molecule has 5 heteroatoms. The van der Waals surface area contributed by atoms with Gasteiger partial charge >= 0.3 is 6.03 Å². The van der Waals surface area contributed by atoms with Crippen molar-refractivity contribution in [1.82, 2.24) is 10.2 Å². The molecule has 0 aliphatic heterocycles. The van der Waals surface area contributed by atoms with Gasteiger partial charge < -0.3 is 15.3 Å². The van der Waals surface area contributed by atoms with Crippen molar-refractivity contribution in [2.45, 2.75) is 19.4 Å². The van der Waals surface area contributed by atoms with Crippen LogP contribution in [0.4, 0.5) is 4.79 Å². The highest BCUT2D eigenvalue weighted by molar-refractivity contribution is 9.10. The van der Waals surface area contributed by atoms with Crippen LogP contribution in [0.5, 0.6) is 0 Å². The number of nitrogens with zero attached hydrogens (tertiary/aromatic N) is 1. The van der Waals surface area contributed by atoms with Crippen molar-refractivity contribution in [1.29, 1.82) is 0 Å². The van der Waals surface area contributed by atoms with Crippen LogP contribution in [0, 0.1) is 0 Å². The van der Waals surface area contributed by atoms with E-state index in [2.05, 4.69) is 21.2 Å². The third-order valence-electron chi connectivity index (χ3n) is 2.76. The lowest BCUT2D eigenvalue weighted by molar-refractivity contribution is 0.187. The number of amides is 2. The third-order valence-corrected chi connectivity index (χ3v) is 3.29. The summed E-state index contributed by atoms with van der Waals surface area (Å²) in [6.07, 6.45) is 0.820. The number of aliphatic hydroxyl groups is 1. The van der Waals surface area contributed by atoms with Crippen molar-refractivity contribution in [2.75, 3.05) is 20.2 Å². The minimum atomic E-state index is -0.168. The minimum absolute atomic E-state index is 0.00765. The third kappa shape index (κ3) is 4.31.